The molecule has 1 aromatic rings. The Morgan fingerprint density at radius 1 is 1.32 bits per heavy atom. The number of primary amides is 1. The number of para-hydroxylation sites is 1. The van der Waals surface area contributed by atoms with Crippen LogP contribution in [0.15, 0.2) is 24.3 Å². The third kappa shape index (κ3) is 3.24. The molecule has 1 aliphatic rings. The molecule has 2 rings (SSSR count). The van der Waals surface area contributed by atoms with Crippen molar-refractivity contribution in [3.8, 4) is 0 Å². The van der Waals surface area contributed by atoms with Gasteiger partial charge in [0.15, 0.2) is 0 Å². The van der Waals surface area contributed by atoms with Crippen molar-refractivity contribution in [2.45, 2.75) is 19.3 Å². The number of nitrogens with two attached hydrogens (primary N) is 2. The van der Waals surface area contributed by atoms with Crippen LogP contribution in [0.5, 0.6) is 0 Å². The molecule has 1 saturated heterocycles. The van der Waals surface area contributed by atoms with Gasteiger partial charge in [0.25, 0.3) is 0 Å². The monoisotopic (exact) mass is 261 g/mol. The molecule has 5 heteroatoms. The van der Waals surface area contributed by atoms with Gasteiger partial charge in [-0.2, -0.15) is 0 Å². The first-order chi connectivity index (χ1) is 9.08. The maximum atomic E-state index is 12.2. The molecular weight excluding hydrogens is 242 g/mol. The number of likely N-dealkylation sites (tertiary alicyclic amines) is 1. The van der Waals surface area contributed by atoms with E-state index in [0.717, 1.165) is 18.4 Å². The Bertz CT molecular complexity index is 487. The van der Waals surface area contributed by atoms with Crippen molar-refractivity contribution in [1.82, 2.24) is 4.90 Å². The van der Waals surface area contributed by atoms with E-state index >= 15 is 0 Å². The Morgan fingerprint density at radius 2 is 2.05 bits per heavy atom. The number of hydrogen-bond donors (Lipinski definition) is 2. The van der Waals surface area contributed by atoms with Gasteiger partial charge in [0.2, 0.25) is 11.8 Å². The summed E-state index contributed by atoms with van der Waals surface area (Å²) in [5, 5.41) is 0. The minimum atomic E-state index is -0.322. The van der Waals surface area contributed by atoms with Crippen molar-refractivity contribution in [2.75, 3.05) is 18.8 Å². The van der Waals surface area contributed by atoms with Crippen LogP contribution in [-0.4, -0.2) is 29.8 Å². The molecule has 1 atom stereocenters. The van der Waals surface area contributed by atoms with E-state index in [1.165, 1.54) is 0 Å². The maximum absolute atomic E-state index is 12.2. The number of benzene rings is 1. The minimum absolute atomic E-state index is 0.00356. The summed E-state index contributed by atoms with van der Waals surface area (Å²) in [5.74, 6) is -0.536. The van der Waals surface area contributed by atoms with Gasteiger partial charge in [-0.25, -0.2) is 0 Å². The van der Waals surface area contributed by atoms with Crippen LogP contribution in [0.2, 0.25) is 0 Å². The molecule has 102 valence electrons. The molecule has 1 aromatic carbocycles. The summed E-state index contributed by atoms with van der Waals surface area (Å²) in [4.78, 5) is 25.1. The normalized spacial score (nSPS) is 19.2. The lowest BCUT2D eigenvalue weighted by molar-refractivity contribution is -0.134. The van der Waals surface area contributed by atoms with Gasteiger partial charge in [-0.1, -0.05) is 18.2 Å². The summed E-state index contributed by atoms with van der Waals surface area (Å²) in [7, 11) is 0. The van der Waals surface area contributed by atoms with Gasteiger partial charge >= 0.3 is 0 Å². The number of carbonyl (C=O) groups excluding carboxylic acids is 2. The van der Waals surface area contributed by atoms with Crippen molar-refractivity contribution in [1.29, 1.82) is 0 Å². The quantitative estimate of drug-likeness (QED) is 0.778. The molecule has 0 radical (unpaired) electrons. The zero-order valence-electron chi connectivity index (χ0n) is 10.8. The van der Waals surface area contributed by atoms with Gasteiger partial charge in [-0.05, 0) is 24.5 Å². The molecule has 0 spiro atoms. The average Bonchev–Trinajstić information content (AvgIpc) is 2.41. The lowest BCUT2D eigenvalue weighted by atomic mass is 9.97. The lowest BCUT2D eigenvalue weighted by Gasteiger charge is -2.31. The number of nitrogen functional groups attached to an aromatic ring is 1. The Labute approximate surface area is 112 Å². The van der Waals surface area contributed by atoms with Gasteiger partial charge in [-0.15, -0.1) is 0 Å². The molecule has 1 unspecified atom stereocenters. The van der Waals surface area contributed by atoms with E-state index in [-0.39, 0.29) is 24.2 Å². The fourth-order valence-corrected chi connectivity index (χ4v) is 2.41. The second kappa shape index (κ2) is 5.73. The van der Waals surface area contributed by atoms with Crippen LogP contribution in [0.3, 0.4) is 0 Å². The van der Waals surface area contributed by atoms with E-state index in [0.29, 0.717) is 18.8 Å². The van der Waals surface area contributed by atoms with Crippen LogP contribution >= 0.6 is 0 Å². The molecule has 4 N–H and O–H groups in total. The number of piperidine rings is 1. The third-order valence-electron chi connectivity index (χ3n) is 3.57. The largest absolute Gasteiger partial charge is 0.398 e. The Balaban J connectivity index is 2.00. The Kier molecular flexibility index (Phi) is 4.04. The summed E-state index contributed by atoms with van der Waals surface area (Å²) in [5.41, 5.74) is 12.6. The van der Waals surface area contributed by atoms with Crippen molar-refractivity contribution >= 4 is 17.5 Å². The predicted octanol–water partition coefficient (Wildman–Crippen LogP) is 0.535. The van der Waals surface area contributed by atoms with Crippen LogP contribution in [0.25, 0.3) is 0 Å². The van der Waals surface area contributed by atoms with E-state index in [9.17, 15) is 9.59 Å². The highest BCUT2D eigenvalue weighted by molar-refractivity contribution is 5.82. The van der Waals surface area contributed by atoms with E-state index in [4.69, 9.17) is 11.5 Å². The zero-order chi connectivity index (χ0) is 13.8. The minimum Gasteiger partial charge on any atom is -0.398 e. The second-order valence-corrected chi connectivity index (χ2v) is 4.96. The molecule has 0 bridgehead atoms. The van der Waals surface area contributed by atoms with Gasteiger partial charge in [-0.3, -0.25) is 9.59 Å². The molecule has 1 fully saturated rings. The molecule has 0 aromatic heterocycles. The van der Waals surface area contributed by atoms with E-state index in [1.807, 2.05) is 18.2 Å². The van der Waals surface area contributed by atoms with Crippen molar-refractivity contribution in [2.24, 2.45) is 11.7 Å². The van der Waals surface area contributed by atoms with E-state index in [2.05, 4.69) is 0 Å². The summed E-state index contributed by atoms with van der Waals surface area (Å²) in [6, 6.07) is 7.34. The number of anilines is 1. The van der Waals surface area contributed by atoms with Gasteiger partial charge in [0, 0.05) is 18.8 Å². The Morgan fingerprint density at radius 3 is 2.74 bits per heavy atom. The fraction of sp³-hybridized carbons (Fsp3) is 0.429. The number of nitrogens with zero attached hydrogens (tertiary/aromatic N) is 1. The second-order valence-electron chi connectivity index (χ2n) is 4.96. The standard InChI is InChI=1S/C14H19N3O2/c15-12-6-2-1-4-10(12)8-13(18)17-7-3-5-11(9-17)14(16)19/h1-2,4,6,11H,3,5,7-9,15H2,(H2,16,19). The first-order valence-electron chi connectivity index (χ1n) is 6.48. The average molecular weight is 261 g/mol. The van der Waals surface area contributed by atoms with Gasteiger partial charge < -0.3 is 16.4 Å². The summed E-state index contributed by atoms with van der Waals surface area (Å²) < 4.78 is 0. The van der Waals surface area contributed by atoms with Crippen molar-refractivity contribution < 1.29 is 9.59 Å². The molecule has 5 nitrogen and oxygen atoms in total. The molecule has 2 amide bonds. The first kappa shape index (κ1) is 13.4. The zero-order valence-corrected chi connectivity index (χ0v) is 10.8. The number of rotatable bonds is 3. The predicted molar refractivity (Wildman–Crippen MR) is 73.1 cm³/mol. The van der Waals surface area contributed by atoms with Crippen molar-refractivity contribution in [3.05, 3.63) is 29.8 Å². The summed E-state index contributed by atoms with van der Waals surface area (Å²) in [6.45, 7) is 1.12. The molecular formula is C14H19N3O2. The SMILES string of the molecule is NC(=O)C1CCCN(C(=O)Cc2ccccc2N)C1. The van der Waals surface area contributed by atoms with Crippen molar-refractivity contribution in [3.63, 3.8) is 0 Å². The summed E-state index contributed by atoms with van der Waals surface area (Å²) >= 11 is 0. The maximum Gasteiger partial charge on any atom is 0.227 e. The van der Waals surface area contributed by atoms with Crippen LogP contribution in [0.1, 0.15) is 18.4 Å². The number of amides is 2. The highest BCUT2D eigenvalue weighted by Crippen LogP contribution is 2.18. The molecule has 1 aliphatic heterocycles. The third-order valence-corrected chi connectivity index (χ3v) is 3.57. The van der Waals surface area contributed by atoms with Crippen LogP contribution in [0, 0.1) is 5.92 Å². The van der Waals surface area contributed by atoms with Crippen LogP contribution < -0.4 is 11.5 Å². The molecule has 19 heavy (non-hydrogen) atoms. The van der Waals surface area contributed by atoms with E-state index < -0.39 is 0 Å². The number of hydrogen-bond acceptors (Lipinski definition) is 3. The van der Waals surface area contributed by atoms with Crippen LogP contribution in [-0.2, 0) is 16.0 Å². The molecule has 0 saturated carbocycles. The lowest BCUT2D eigenvalue weighted by Crippen LogP contribution is -2.44. The Hall–Kier alpha value is -2.04. The highest BCUT2D eigenvalue weighted by atomic mass is 16.2. The van der Waals surface area contributed by atoms with E-state index in [1.54, 1.807) is 11.0 Å². The van der Waals surface area contributed by atoms with Crippen LogP contribution in [0.4, 0.5) is 5.69 Å². The topological polar surface area (TPSA) is 89.4 Å². The van der Waals surface area contributed by atoms with Gasteiger partial charge in [0.05, 0.1) is 12.3 Å². The summed E-state index contributed by atoms with van der Waals surface area (Å²) in [6.07, 6.45) is 1.87. The molecule has 1 heterocycles. The highest BCUT2D eigenvalue weighted by Gasteiger charge is 2.26. The smallest absolute Gasteiger partial charge is 0.227 e. The first-order valence-corrected chi connectivity index (χ1v) is 6.48. The number of carbonyl (C=O) groups is 2. The molecule has 0 aliphatic carbocycles. The fourth-order valence-electron chi connectivity index (χ4n) is 2.41. The van der Waals surface area contributed by atoms with Gasteiger partial charge in [0.1, 0.15) is 0 Å².